The van der Waals surface area contributed by atoms with Crippen molar-refractivity contribution in [2.45, 2.75) is 26.5 Å². The highest BCUT2D eigenvalue weighted by molar-refractivity contribution is 5.83. The Balaban J connectivity index is 1.68. The summed E-state index contributed by atoms with van der Waals surface area (Å²) in [5, 5.41) is 17.3. The van der Waals surface area contributed by atoms with E-state index in [4.69, 9.17) is 4.74 Å². The molecule has 29 heavy (non-hydrogen) atoms. The Hall–Kier alpha value is -3.39. The van der Waals surface area contributed by atoms with Gasteiger partial charge in [-0.15, -0.1) is 10.2 Å². The van der Waals surface area contributed by atoms with Crippen LogP contribution in [0.1, 0.15) is 23.7 Å². The van der Waals surface area contributed by atoms with Crippen molar-refractivity contribution in [1.29, 1.82) is 0 Å². The molecule has 1 N–H and O–H groups in total. The molecule has 2 heterocycles. The van der Waals surface area contributed by atoms with E-state index in [-0.39, 0.29) is 5.82 Å². The summed E-state index contributed by atoms with van der Waals surface area (Å²) in [5.41, 5.74) is 3.48. The van der Waals surface area contributed by atoms with Crippen molar-refractivity contribution in [2.24, 2.45) is 0 Å². The van der Waals surface area contributed by atoms with Gasteiger partial charge in [0.15, 0.2) is 5.82 Å². The molecule has 2 aromatic heterocycles. The first-order chi connectivity index (χ1) is 14.2. The van der Waals surface area contributed by atoms with E-state index >= 15 is 0 Å². The monoisotopic (exact) mass is 392 g/mol. The van der Waals surface area contributed by atoms with Gasteiger partial charge in [0.2, 0.25) is 0 Å². The summed E-state index contributed by atoms with van der Waals surface area (Å²) < 4.78 is 20.4. The lowest BCUT2D eigenvalue weighted by molar-refractivity contribution is 0.186. The van der Waals surface area contributed by atoms with Gasteiger partial charge in [-0.2, -0.15) is 14.8 Å². The van der Waals surface area contributed by atoms with Crippen LogP contribution in [-0.2, 0) is 24.3 Å². The molecule has 0 unspecified atom stereocenters. The first-order valence-electron chi connectivity index (χ1n) is 9.36. The third kappa shape index (κ3) is 3.93. The van der Waals surface area contributed by atoms with Crippen molar-refractivity contribution in [1.82, 2.24) is 25.0 Å². The molecule has 0 saturated heterocycles. The average Bonchev–Trinajstić information content (AvgIpc) is 3.17. The predicted octanol–water partition coefficient (Wildman–Crippen LogP) is 3.67. The third-order valence-corrected chi connectivity index (χ3v) is 4.62. The minimum Gasteiger partial charge on any atom is -0.380 e. The molecular formula is C21H21FN6O. The van der Waals surface area contributed by atoms with E-state index in [1.54, 1.807) is 24.1 Å². The fraction of sp³-hybridized carbons (Fsp3) is 0.238. The summed E-state index contributed by atoms with van der Waals surface area (Å²) in [7, 11) is 1.66. The minimum atomic E-state index is -0.267. The number of benzene rings is 2. The zero-order valence-electron chi connectivity index (χ0n) is 16.3. The number of nitrogens with zero attached hydrogens (tertiary/aromatic N) is 5. The first-order valence-corrected chi connectivity index (χ1v) is 9.36. The zero-order chi connectivity index (χ0) is 20.2. The zero-order valence-corrected chi connectivity index (χ0v) is 16.3. The van der Waals surface area contributed by atoms with Gasteiger partial charge in [0.05, 0.1) is 18.3 Å². The highest BCUT2D eigenvalue weighted by Crippen LogP contribution is 2.22. The number of aryl methyl sites for hydroxylation is 1. The molecule has 0 amide bonds. The molecule has 0 aliphatic heterocycles. The van der Waals surface area contributed by atoms with Crippen LogP contribution in [0.4, 0.5) is 10.2 Å². The molecule has 8 heteroatoms. The molecular weight excluding hydrogens is 371 g/mol. The number of ether oxygens (including phenoxy) is 1. The van der Waals surface area contributed by atoms with Crippen LogP contribution < -0.4 is 5.32 Å². The van der Waals surface area contributed by atoms with Gasteiger partial charge in [-0.1, -0.05) is 31.2 Å². The maximum atomic E-state index is 13.4. The molecule has 0 aliphatic rings. The topological polar surface area (TPSA) is 77.8 Å². The smallest absolute Gasteiger partial charge is 0.272 e. The number of methoxy groups -OCH3 is 1. The van der Waals surface area contributed by atoms with Crippen molar-refractivity contribution >= 4 is 16.7 Å². The molecule has 0 spiro atoms. The summed E-state index contributed by atoms with van der Waals surface area (Å²) in [6, 6.07) is 12.4. The van der Waals surface area contributed by atoms with Gasteiger partial charge < -0.3 is 10.1 Å². The Morgan fingerprint density at radius 3 is 2.79 bits per heavy atom. The maximum absolute atomic E-state index is 13.4. The largest absolute Gasteiger partial charge is 0.380 e. The second kappa shape index (κ2) is 8.32. The lowest BCUT2D eigenvalue weighted by atomic mass is 10.1. The molecule has 4 rings (SSSR count). The van der Waals surface area contributed by atoms with Gasteiger partial charge in [0.1, 0.15) is 11.5 Å². The van der Waals surface area contributed by atoms with Crippen LogP contribution in [-0.4, -0.2) is 32.1 Å². The second-order valence-electron chi connectivity index (χ2n) is 6.58. The number of fused-ring (bicyclic) bond motifs is 1. The van der Waals surface area contributed by atoms with E-state index in [1.165, 1.54) is 12.1 Å². The SMILES string of the molecule is CCc1nnc(-n2ncc3c(COC)cccc32)nc1NCc1cccc(F)c1. The van der Waals surface area contributed by atoms with Crippen LogP contribution in [0, 0.1) is 5.82 Å². The van der Waals surface area contributed by atoms with Gasteiger partial charge in [-0.25, -0.2) is 4.39 Å². The summed E-state index contributed by atoms with van der Waals surface area (Å²) in [6.45, 7) is 2.91. The molecule has 7 nitrogen and oxygen atoms in total. The van der Waals surface area contributed by atoms with Crippen molar-refractivity contribution < 1.29 is 9.13 Å². The number of hydrogen-bond donors (Lipinski definition) is 1. The van der Waals surface area contributed by atoms with Gasteiger partial charge in [-0.3, -0.25) is 0 Å². The molecule has 0 aliphatic carbocycles. The number of aromatic nitrogens is 5. The Kier molecular flexibility index (Phi) is 5.44. The van der Waals surface area contributed by atoms with Crippen molar-refractivity contribution in [3.63, 3.8) is 0 Å². The lowest BCUT2D eigenvalue weighted by Gasteiger charge is -2.11. The van der Waals surface area contributed by atoms with Crippen LogP contribution >= 0.6 is 0 Å². The van der Waals surface area contributed by atoms with Gasteiger partial charge in [0, 0.05) is 19.0 Å². The number of rotatable bonds is 7. The van der Waals surface area contributed by atoms with E-state index in [2.05, 4.69) is 25.6 Å². The van der Waals surface area contributed by atoms with Gasteiger partial charge in [0.25, 0.3) is 5.95 Å². The second-order valence-corrected chi connectivity index (χ2v) is 6.58. The Bertz CT molecular complexity index is 1140. The summed E-state index contributed by atoms with van der Waals surface area (Å²) >= 11 is 0. The van der Waals surface area contributed by atoms with Crippen molar-refractivity contribution in [2.75, 3.05) is 12.4 Å². The van der Waals surface area contributed by atoms with E-state index < -0.39 is 0 Å². The molecule has 0 bridgehead atoms. The lowest BCUT2D eigenvalue weighted by Crippen LogP contribution is -2.12. The number of halogens is 1. The molecule has 0 radical (unpaired) electrons. The Labute approximate surface area is 167 Å². The Morgan fingerprint density at radius 2 is 2.00 bits per heavy atom. The molecule has 4 aromatic rings. The quantitative estimate of drug-likeness (QED) is 0.517. The maximum Gasteiger partial charge on any atom is 0.272 e. The van der Waals surface area contributed by atoms with E-state index in [0.29, 0.717) is 31.3 Å². The molecule has 2 aromatic carbocycles. The fourth-order valence-corrected chi connectivity index (χ4v) is 3.19. The summed E-state index contributed by atoms with van der Waals surface area (Å²) in [5.74, 6) is 0.711. The summed E-state index contributed by atoms with van der Waals surface area (Å²) in [6.07, 6.45) is 2.45. The minimum absolute atomic E-state index is 0.267. The van der Waals surface area contributed by atoms with Crippen molar-refractivity contribution in [3.8, 4) is 5.95 Å². The fourth-order valence-electron chi connectivity index (χ4n) is 3.19. The van der Waals surface area contributed by atoms with Gasteiger partial charge in [-0.05, 0) is 35.7 Å². The predicted molar refractivity (Wildman–Crippen MR) is 108 cm³/mol. The van der Waals surface area contributed by atoms with Gasteiger partial charge >= 0.3 is 0 Å². The molecule has 148 valence electrons. The Morgan fingerprint density at radius 1 is 1.14 bits per heavy atom. The van der Waals surface area contributed by atoms with Crippen LogP contribution in [0.3, 0.4) is 0 Å². The van der Waals surface area contributed by atoms with Crippen LogP contribution in [0.25, 0.3) is 16.9 Å². The van der Waals surface area contributed by atoms with E-state index in [0.717, 1.165) is 27.7 Å². The van der Waals surface area contributed by atoms with E-state index in [1.807, 2.05) is 31.2 Å². The van der Waals surface area contributed by atoms with E-state index in [9.17, 15) is 4.39 Å². The number of hydrogen-bond acceptors (Lipinski definition) is 6. The standard InChI is InChI=1S/C21H21FN6O/c1-3-18-20(23-11-14-6-4-8-16(22)10-14)25-21(27-26-18)28-19-9-5-7-15(13-29-2)17(19)12-24-28/h4-10,12H,3,11,13H2,1-2H3,(H,23,25,27). The summed E-state index contributed by atoms with van der Waals surface area (Å²) in [4.78, 5) is 4.64. The number of nitrogens with one attached hydrogen (secondary N) is 1. The highest BCUT2D eigenvalue weighted by atomic mass is 19.1. The molecule has 0 saturated carbocycles. The van der Waals surface area contributed by atoms with Crippen molar-refractivity contribution in [3.05, 3.63) is 71.3 Å². The van der Waals surface area contributed by atoms with Crippen LogP contribution in [0.5, 0.6) is 0 Å². The first kappa shape index (κ1) is 18.9. The van der Waals surface area contributed by atoms with Crippen LogP contribution in [0.15, 0.2) is 48.7 Å². The molecule has 0 atom stereocenters. The van der Waals surface area contributed by atoms with Crippen LogP contribution in [0.2, 0.25) is 0 Å². The molecule has 0 fully saturated rings. The normalized spacial score (nSPS) is 11.1. The highest BCUT2D eigenvalue weighted by Gasteiger charge is 2.14. The third-order valence-electron chi connectivity index (χ3n) is 4.62. The average molecular weight is 392 g/mol. The number of anilines is 1.